The number of sulfone groups is 1. The van der Waals surface area contributed by atoms with Gasteiger partial charge in [-0.1, -0.05) is 6.07 Å². The third kappa shape index (κ3) is 3.45. The Balaban J connectivity index is 1.79. The van der Waals surface area contributed by atoms with E-state index in [4.69, 9.17) is 0 Å². The van der Waals surface area contributed by atoms with Crippen LogP contribution < -0.4 is 0 Å². The first-order valence-corrected chi connectivity index (χ1v) is 10.9. The first kappa shape index (κ1) is 17.3. The molecule has 5 nitrogen and oxygen atoms in total. The van der Waals surface area contributed by atoms with Crippen LogP contribution in [0.3, 0.4) is 0 Å². The van der Waals surface area contributed by atoms with E-state index < -0.39 is 15.1 Å². The Bertz CT molecular complexity index is 852. The van der Waals surface area contributed by atoms with Gasteiger partial charge in [0.1, 0.15) is 0 Å². The van der Waals surface area contributed by atoms with Crippen LogP contribution in [0.1, 0.15) is 42.8 Å². The average Bonchev–Trinajstić information content (AvgIpc) is 3.18. The van der Waals surface area contributed by atoms with Crippen molar-refractivity contribution in [2.45, 2.75) is 18.6 Å². The molecule has 1 amide bonds. The standard InChI is InChI=1S/C16H17NO4S3/c1-11(18)12-4-5-14(23-12)16(19)17-7-6-15(13-3-2-9-22-13)24(20,21)10-8-17/h2-5,9,15H,6-8,10H2,1H3. The van der Waals surface area contributed by atoms with E-state index in [0.717, 1.165) is 16.2 Å². The van der Waals surface area contributed by atoms with Crippen molar-refractivity contribution < 1.29 is 18.0 Å². The molecule has 0 aromatic carbocycles. The van der Waals surface area contributed by atoms with Gasteiger partial charge in [-0.2, -0.15) is 0 Å². The minimum atomic E-state index is -3.27. The molecule has 0 bridgehead atoms. The predicted molar refractivity (Wildman–Crippen MR) is 95.7 cm³/mol. The quantitative estimate of drug-likeness (QED) is 0.764. The summed E-state index contributed by atoms with van der Waals surface area (Å²) in [5, 5.41) is 1.33. The number of amides is 1. The molecule has 1 fully saturated rings. The third-order valence-corrected chi connectivity index (χ3v) is 8.47. The van der Waals surface area contributed by atoms with Gasteiger partial charge in [0.2, 0.25) is 0 Å². The molecule has 8 heteroatoms. The van der Waals surface area contributed by atoms with Gasteiger partial charge in [-0.05, 0) is 36.9 Å². The van der Waals surface area contributed by atoms with Crippen LogP contribution in [0.25, 0.3) is 0 Å². The molecule has 128 valence electrons. The Kier molecular flexibility index (Phi) is 4.89. The fraction of sp³-hybridized carbons (Fsp3) is 0.375. The van der Waals surface area contributed by atoms with Crippen LogP contribution in [0.4, 0.5) is 0 Å². The van der Waals surface area contributed by atoms with Crippen molar-refractivity contribution in [3.63, 3.8) is 0 Å². The van der Waals surface area contributed by atoms with Crippen molar-refractivity contribution in [3.05, 3.63) is 44.3 Å². The lowest BCUT2D eigenvalue weighted by Crippen LogP contribution is -2.33. The van der Waals surface area contributed by atoms with Gasteiger partial charge in [0, 0.05) is 18.0 Å². The molecule has 1 aliphatic heterocycles. The summed E-state index contributed by atoms with van der Waals surface area (Å²) in [5.74, 6) is -0.309. The molecule has 0 aliphatic carbocycles. The summed E-state index contributed by atoms with van der Waals surface area (Å²) in [7, 11) is -3.27. The zero-order valence-electron chi connectivity index (χ0n) is 13.1. The van der Waals surface area contributed by atoms with E-state index >= 15 is 0 Å². The first-order valence-electron chi connectivity index (χ1n) is 7.53. The largest absolute Gasteiger partial charge is 0.337 e. The van der Waals surface area contributed by atoms with E-state index in [1.165, 1.54) is 18.3 Å². The van der Waals surface area contributed by atoms with E-state index in [1.54, 1.807) is 17.0 Å². The lowest BCUT2D eigenvalue weighted by atomic mass is 10.2. The van der Waals surface area contributed by atoms with Crippen LogP contribution in [0.2, 0.25) is 0 Å². The number of hydrogen-bond acceptors (Lipinski definition) is 6. The van der Waals surface area contributed by atoms with E-state index in [2.05, 4.69) is 0 Å². The van der Waals surface area contributed by atoms with E-state index in [-0.39, 0.29) is 24.0 Å². The smallest absolute Gasteiger partial charge is 0.263 e. The van der Waals surface area contributed by atoms with Gasteiger partial charge >= 0.3 is 0 Å². The molecule has 0 saturated carbocycles. The third-order valence-electron chi connectivity index (χ3n) is 4.05. The molecule has 1 unspecified atom stereocenters. The Morgan fingerprint density at radius 1 is 1.17 bits per heavy atom. The second kappa shape index (κ2) is 6.78. The number of ketones is 1. The highest BCUT2D eigenvalue weighted by molar-refractivity contribution is 7.91. The summed E-state index contributed by atoms with van der Waals surface area (Å²) in [6.07, 6.45) is 0.402. The number of carbonyl (C=O) groups excluding carboxylic acids is 2. The van der Waals surface area contributed by atoms with Crippen molar-refractivity contribution in [2.75, 3.05) is 18.8 Å². The highest BCUT2D eigenvalue weighted by Crippen LogP contribution is 2.33. The van der Waals surface area contributed by atoms with E-state index in [1.807, 2.05) is 17.5 Å². The normalized spacial score (nSPS) is 20.5. The zero-order chi connectivity index (χ0) is 17.3. The summed E-state index contributed by atoms with van der Waals surface area (Å²) >= 11 is 2.60. The average molecular weight is 384 g/mol. The van der Waals surface area contributed by atoms with Crippen molar-refractivity contribution in [1.82, 2.24) is 4.90 Å². The highest BCUT2D eigenvalue weighted by Gasteiger charge is 2.33. The zero-order valence-corrected chi connectivity index (χ0v) is 15.5. The molecule has 3 rings (SSSR count). The Labute approximate surface area is 148 Å². The molecule has 1 saturated heterocycles. The van der Waals surface area contributed by atoms with Gasteiger partial charge < -0.3 is 4.90 Å². The minimum absolute atomic E-state index is 0.0355. The number of thiophene rings is 2. The maximum atomic E-state index is 12.6. The lowest BCUT2D eigenvalue weighted by molar-refractivity contribution is 0.0771. The molecule has 0 spiro atoms. The van der Waals surface area contributed by atoms with Crippen molar-refractivity contribution >= 4 is 44.2 Å². The van der Waals surface area contributed by atoms with Crippen LogP contribution in [-0.2, 0) is 9.84 Å². The van der Waals surface area contributed by atoms with E-state index in [0.29, 0.717) is 22.7 Å². The minimum Gasteiger partial charge on any atom is -0.337 e. The van der Waals surface area contributed by atoms with Crippen LogP contribution in [0, 0.1) is 0 Å². The van der Waals surface area contributed by atoms with E-state index in [9.17, 15) is 18.0 Å². The molecular formula is C16H17NO4S3. The molecule has 1 aliphatic rings. The lowest BCUT2D eigenvalue weighted by Gasteiger charge is -2.18. The molecule has 0 N–H and O–H groups in total. The van der Waals surface area contributed by atoms with Crippen molar-refractivity contribution in [1.29, 1.82) is 0 Å². The van der Waals surface area contributed by atoms with Gasteiger partial charge in [-0.3, -0.25) is 9.59 Å². The molecule has 24 heavy (non-hydrogen) atoms. The Hall–Kier alpha value is -1.51. The second-order valence-electron chi connectivity index (χ2n) is 5.67. The van der Waals surface area contributed by atoms with Crippen LogP contribution >= 0.6 is 22.7 Å². The summed E-state index contributed by atoms with van der Waals surface area (Å²) < 4.78 is 25.0. The van der Waals surface area contributed by atoms with Gasteiger partial charge in [0.15, 0.2) is 15.6 Å². The summed E-state index contributed by atoms with van der Waals surface area (Å²) in [6, 6.07) is 6.96. The number of nitrogens with zero attached hydrogens (tertiary/aromatic N) is 1. The highest BCUT2D eigenvalue weighted by atomic mass is 32.2. The van der Waals surface area contributed by atoms with Gasteiger partial charge in [-0.25, -0.2) is 8.42 Å². The molecule has 1 atom stereocenters. The fourth-order valence-electron chi connectivity index (χ4n) is 2.74. The van der Waals surface area contributed by atoms with Gasteiger partial charge in [0.05, 0.1) is 20.8 Å². The van der Waals surface area contributed by atoms with Gasteiger partial charge in [-0.15, -0.1) is 22.7 Å². The number of hydrogen-bond donors (Lipinski definition) is 0. The maximum absolute atomic E-state index is 12.6. The second-order valence-corrected chi connectivity index (χ2v) is 10.0. The fourth-order valence-corrected chi connectivity index (χ4v) is 6.61. The molecule has 2 aromatic rings. The molecule has 2 aromatic heterocycles. The van der Waals surface area contributed by atoms with Crippen LogP contribution in [0.15, 0.2) is 29.6 Å². The Morgan fingerprint density at radius 3 is 2.54 bits per heavy atom. The summed E-state index contributed by atoms with van der Waals surface area (Å²) in [6.45, 7) is 2.05. The summed E-state index contributed by atoms with van der Waals surface area (Å²) in [4.78, 5) is 27.4. The van der Waals surface area contributed by atoms with Crippen LogP contribution in [-0.4, -0.2) is 43.9 Å². The maximum Gasteiger partial charge on any atom is 0.263 e. The number of rotatable bonds is 3. The van der Waals surface area contributed by atoms with Crippen LogP contribution in [0.5, 0.6) is 0 Å². The van der Waals surface area contributed by atoms with Crippen molar-refractivity contribution in [2.24, 2.45) is 0 Å². The first-order chi connectivity index (χ1) is 11.4. The van der Waals surface area contributed by atoms with Gasteiger partial charge in [0.25, 0.3) is 5.91 Å². The SMILES string of the molecule is CC(=O)c1ccc(C(=O)N2CCC(c3cccs3)S(=O)(=O)CC2)s1. The predicted octanol–water partition coefficient (Wildman–Crippen LogP) is 3.01. The molecular weight excluding hydrogens is 366 g/mol. The molecule has 3 heterocycles. The Morgan fingerprint density at radius 2 is 1.92 bits per heavy atom. The molecule has 0 radical (unpaired) electrons. The van der Waals surface area contributed by atoms with Crippen molar-refractivity contribution in [3.8, 4) is 0 Å². The monoisotopic (exact) mass is 383 g/mol. The topological polar surface area (TPSA) is 71.5 Å². The summed E-state index contributed by atoms with van der Waals surface area (Å²) in [5.41, 5.74) is 0. The number of Topliss-reactive ketones (excluding diaryl/α,β-unsaturated/α-hetero) is 1. The number of carbonyl (C=O) groups is 2.